The van der Waals surface area contributed by atoms with Crippen LogP contribution < -0.4 is 4.74 Å². The molecular formula is C21H25N3O3. The Morgan fingerprint density at radius 1 is 1.04 bits per heavy atom. The molecule has 2 aromatic rings. The molecule has 1 aromatic heterocycles. The lowest BCUT2D eigenvalue weighted by Gasteiger charge is -2.23. The summed E-state index contributed by atoms with van der Waals surface area (Å²) >= 11 is 0. The van der Waals surface area contributed by atoms with Gasteiger partial charge in [0, 0.05) is 38.6 Å². The molecule has 1 aliphatic rings. The van der Waals surface area contributed by atoms with Gasteiger partial charge in [-0.05, 0) is 49.6 Å². The summed E-state index contributed by atoms with van der Waals surface area (Å²) in [4.78, 5) is 33.4. The number of benzene rings is 1. The van der Waals surface area contributed by atoms with Gasteiger partial charge in [-0.15, -0.1) is 0 Å². The maximum atomic E-state index is 13.1. The third kappa shape index (κ3) is 4.10. The molecule has 3 rings (SSSR count). The molecule has 1 saturated heterocycles. The van der Waals surface area contributed by atoms with Crippen molar-refractivity contribution in [1.82, 2.24) is 14.8 Å². The van der Waals surface area contributed by atoms with Gasteiger partial charge in [0.15, 0.2) is 0 Å². The number of pyridine rings is 1. The van der Waals surface area contributed by atoms with Gasteiger partial charge in [-0.3, -0.25) is 14.6 Å². The van der Waals surface area contributed by atoms with Crippen LogP contribution in [0.5, 0.6) is 5.75 Å². The number of amides is 2. The van der Waals surface area contributed by atoms with Crippen molar-refractivity contribution in [2.75, 3.05) is 33.3 Å². The maximum absolute atomic E-state index is 13.1. The first-order chi connectivity index (χ1) is 13.0. The molecule has 1 aromatic carbocycles. The van der Waals surface area contributed by atoms with Gasteiger partial charge in [0.1, 0.15) is 5.75 Å². The Balaban J connectivity index is 1.75. The highest BCUT2D eigenvalue weighted by Crippen LogP contribution is 2.26. The second-order valence-electron chi connectivity index (χ2n) is 6.84. The largest absolute Gasteiger partial charge is 0.496 e. The average Bonchev–Trinajstić information content (AvgIpc) is 2.93. The van der Waals surface area contributed by atoms with Crippen molar-refractivity contribution in [2.24, 2.45) is 0 Å². The van der Waals surface area contributed by atoms with Crippen LogP contribution in [0.1, 0.15) is 38.3 Å². The number of aryl methyl sites for hydroxylation is 2. The summed E-state index contributed by atoms with van der Waals surface area (Å²) in [6.07, 6.45) is 3.97. The smallest absolute Gasteiger partial charge is 0.257 e. The van der Waals surface area contributed by atoms with Gasteiger partial charge in [-0.25, -0.2) is 0 Å². The van der Waals surface area contributed by atoms with Crippen molar-refractivity contribution in [2.45, 2.75) is 20.3 Å². The molecule has 2 amide bonds. The van der Waals surface area contributed by atoms with E-state index < -0.39 is 0 Å². The van der Waals surface area contributed by atoms with Crippen molar-refractivity contribution in [3.8, 4) is 5.75 Å². The summed E-state index contributed by atoms with van der Waals surface area (Å²) in [5, 5.41) is 0. The number of ether oxygens (including phenoxy) is 1. The zero-order valence-corrected chi connectivity index (χ0v) is 16.1. The van der Waals surface area contributed by atoms with Gasteiger partial charge < -0.3 is 14.5 Å². The summed E-state index contributed by atoms with van der Waals surface area (Å²) < 4.78 is 5.47. The predicted molar refractivity (Wildman–Crippen MR) is 103 cm³/mol. The number of methoxy groups -OCH3 is 1. The van der Waals surface area contributed by atoms with E-state index in [0.29, 0.717) is 43.1 Å². The number of hydrogen-bond acceptors (Lipinski definition) is 4. The highest BCUT2D eigenvalue weighted by Gasteiger charge is 2.26. The second-order valence-corrected chi connectivity index (χ2v) is 6.84. The van der Waals surface area contributed by atoms with Crippen LogP contribution in [0.25, 0.3) is 0 Å². The fourth-order valence-corrected chi connectivity index (χ4v) is 3.55. The molecule has 0 radical (unpaired) electrons. The molecule has 6 nitrogen and oxygen atoms in total. The topological polar surface area (TPSA) is 62.7 Å². The monoisotopic (exact) mass is 367 g/mol. The van der Waals surface area contributed by atoms with Crippen molar-refractivity contribution in [3.05, 3.63) is 58.9 Å². The van der Waals surface area contributed by atoms with E-state index in [1.807, 2.05) is 30.9 Å². The average molecular weight is 367 g/mol. The normalized spacial score (nSPS) is 14.6. The van der Waals surface area contributed by atoms with Gasteiger partial charge in [0.05, 0.1) is 18.2 Å². The van der Waals surface area contributed by atoms with Crippen molar-refractivity contribution in [1.29, 1.82) is 0 Å². The molecule has 6 heteroatoms. The fourth-order valence-electron chi connectivity index (χ4n) is 3.55. The first kappa shape index (κ1) is 18.9. The quantitative estimate of drug-likeness (QED) is 0.837. The van der Waals surface area contributed by atoms with Crippen LogP contribution in [0.3, 0.4) is 0 Å². The zero-order chi connectivity index (χ0) is 19.4. The summed E-state index contributed by atoms with van der Waals surface area (Å²) in [6.45, 7) is 6.17. The number of carbonyl (C=O) groups excluding carboxylic acids is 2. The zero-order valence-electron chi connectivity index (χ0n) is 16.1. The van der Waals surface area contributed by atoms with Crippen molar-refractivity contribution < 1.29 is 14.3 Å². The number of nitrogens with zero attached hydrogens (tertiary/aromatic N) is 3. The van der Waals surface area contributed by atoms with Crippen molar-refractivity contribution in [3.63, 3.8) is 0 Å². The minimum Gasteiger partial charge on any atom is -0.496 e. The van der Waals surface area contributed by atoms with E-state index in [1.165, 1.54) is 0 Å². The second kappa shape index (κ2) is 8.20. The summed E-state index contributed by atoms with van der Waals surface area (Å²) in [7, 11) is 1.59. The number of aromatic nitrogens is 1. The molecular weight excluding hydrogens is 342 g/mol. The maximum Gasteiger partial charge on any atom is 0.257 e. The van der Waals surface area contributed by atoms with Crippen molar-refractivity contribution >= 4 is 11.8 Å². The number of carbonyl (C=O) groups is 2. The van der Waals surface area contributed by atoms with Crippen LogP contribution in [0, 0.1) is 13.8 Å². The SMILES string of the molecule is COc1c(C)cc(C)cc1C(=O)N1CCCN(C(=O)c2cccnc2)CC1. The summed E-state index contributed by atoms with van der Waals surface area (Å²) in [5.41, 5.74) is 3.14. The molecule has 0 spiro atoms. The van der Waals surface area contributed by atoms with E-state index in [4.69, 9.17) is 4.74 Å². The molecule has 0 saturated carbocycles. The molecule has 1 fully saturated rings. The standard InChI is InChI=1S/C21H25N3O3/c1-15-12-16(2)19(27-3)18(13-15)21(26)24-9-5-8-23(10-11-24)20(25)17-6-4-7-22-14-17/h4,6-7,12-14H,5,8-11H2,1-3H3. The molecule has 0 bridgehead atoms. The lowest BCUT2D eigenvalue weighted by molar-refractivity contribution is 0.0716. The first-order valence-electron chi connectivity index (χ1n) is 9.15. The van der Waals surface area contributed by atoms with E-state index in [9.17, 15) is 9.59 Å². The Morgan fingerprint density at radius 2 is 1.74 bits per heavy atom. The van der Waals surface area contributed by atoms with Gasteiger partial charge in [-0.2, -0.15) is 0 Å². The Hall–Kier alpha value is -2.89. The Bertz CT molecular complexity index is 836. The highest BCUT2D eigenvalue weighted by molar-refractivity contribution is 5.98. The minimum absolute atomic E-state index is 0.0404. The van der Waals surface area contributed by atoms with E-state index in [0.717, 1.165) is 17.5 Å². The third-order valence-electron chi connectivity index (χ3n) is 4.83. The van der Waals surface area contributed by atoms with Crippen LogP contribution in [0.15, 0.2) is 36.7 Å². The van der Waals surface area contributed by atoms with E-state index >= 15 is 0 Å². The molecule has 0 N–H and O–H groups in total. The Labute approximate surface area is 159 Å². The van der Waals surface area contributed by atoms with Gasteiger partial charge >= 0.3 is 0 Å². The summed E-state index contributed by atoms with van der Waals surface area (Å²) in [6, 6.07) is 7.40. The Kier molecular flexibility index (Phi) is 5.74. The van der Waals surface area contributed by atoms with Gasteiger partial charge in [0.2, 0.25) is 0 Å². The molecule has 142 valence electrons. The predicted octanol–water partition coefficient (Wildman–Crippen LogP) is 2.70. The van der Waals surface area contributed by atoms with Crippen LogP contribution >= 0.6 is 0 Å². The van der Waals surface area contributed by atoms with Crippen LogP contribution in [0.2, 0.25) is 0 Å². The van der Waals surface area contributed by atoms with Gasteiger partial charge in [-0.1, -0.05) is 6.07 Å². The van der Waals surface area contributed by atoms with E-state index in [-0.39, 0.29) is 11.8 Å². The third-order valence-corrected chi connectivity index (χ3v) is 4.83. The molecule has 2 heterocycles. The number of hydrogen-bond donors (Lipinski definition) is 0. The molecule has 0 atom stereocenters. The number of rotatable bonds is 3. The van der Waals surface area contributed by atoms with E-state index in [2.05, 4.69) is 4.98 Å². The van der Waals surface area contributed by atoms with Gasteiger partial charge in [0.25, 0.3) is 11.8 Å². The Morgan fingerprint density at radius 3 is 2.37 bits per heavy atom. The van der Waals surface area contributed by atoms with Crippen LogP contribution in [0.4, 0.5) is 0 Å². The highest BCUT2D eigenvalue weighted by atomic mass is 16.5. The fraction of sp³-hybridized carbons (Fsp3) is 0.381. The lowest BCUT2D eigenvalue weighted by Crippen LogP contribution is -2.37. The van der Waals surface area contributed by atoms with E-state index in [1.54, 1.807) is 36.5 Å². The summed E-state index contributed by atoms with van der Waals surface area (Å²) in [5.74, 6) is 0.536. The molecule has 0 aliphatic carbocycles. The van der Waals surface area contributed by atoms with Crippen LogP contribution in [-0.4, -0.2) is 59.9 Å². The molecule has 1 aliphatic heterocycles. The lowest BCUT2D eigenvalue weighted by atomic mass is 10.0. The molecule has 27 heavy (non-hydrogen) atoms. The first-order valence-corrected chi connectivity index (χ1v) is 9.15. The minimum atomic E-state index is -0.0469. The molecule has 0 unspecified atom stereocenters. The van der Waals surface area contributed by atoms with Crippen LogP contribution in [-0.2, 0) is 0 Å².